The van der Waals surface area contributed by atoms with Gasteiger partial charge in [0.25, 0.3) is 0 Å². The zero-order chi connectivity index (χ0) is 14.3. The number of nitro groups is 1. The second-order valence-corrected chi connectivity index (χ2v) is 4.04. The van der Waals surface area contributed by atoms with E-state index in [2.05, 4.69) is 20.6 Å². The van der Waals surface area contributed by atoms with Crippen LogP contribution in [0.5, 0.6) is 0 Å². The predicted molar refractivity (Wildman–Crippen MR) is 72.3 cm³/mol. The first kappa shape index (κ1) is 15.1. The molecule has 0 aliphatic carbocycles. The van der Waals surface area contributed by atoms with Crippen molar-refractivity contribution in [3.8, 4) is 0 Å². The number of anilines is 2. The maximum atomic E-state index is 10.9. The molecule has 0 saturated carbocycles. The Morgan fingerprint density at radius 3 is 2.79 bits per heavy atom. The maximum absolute atomic E-state index is 10.9. The van der Waals surface area contributed by atoms with Gasteiger partial charge in [-0.1, -0.05) is 13.3 Å². The van der Waals surface area contributed by atoms with Crippen LogP contribution in [0.2, 0.25) is 0 Å². The Morgan fingerprint density at radius 2 is 2.21 bits per heavy atom. The molecule has 0 saturated heterocycles. The number of rotatable bonds is 8. The molecule has 0 aromatic carbocycles. The van der Waals surface area contributed by atoms with Gasteiger partial charge in [-0.05, 0) is 13.3 Å². The molecule has 1 rings (SSSR count). The zero-order valence-electron chi connectivity index (χ0n) is 11.1. The average Bonchev–Trinajstić information content (AvgIpc) is 2.37. The summed E-state index contributed by atoms with van der Waals surface area (Å²) in [6.45, 7) is 4.68. The number of nitrogens with one attached hydrogen (secondary N) is 2. The van der Waals surface area contributed by atoms with Crippen molar-refractivity contribution < 1.29 is 10.0 Å². The van der Waals surface area contributed by atoms with Crippen molar-refractivity contribution >= 4 is 17.5 Å². The fourth-order valence-electron chi connectivity index (χ4n) is 1.53. The minimum Gasteiger partial charge on any atom is -0.391 e. The summed E-state index contributed by atoms with van der Waals surface area (Å²) in [6.07, 6.45) is 2.07. The summed E-state index contributed by atoms with van der Waals surface area (Å²) >= 11 is 0. The summed E-state index contributed by atoms with van der Waals surface area (Å²) in [5.74, 6) is 0.437. The number of aromatic nitrogens is 2. The Morgan fingerprint density at radius 1 is 1.47 bits per heavy atom. The lowest BCUT2D eigenvalue weighted by atomic mass is 10.2. The molecular formula is C11H19N5O3. The van der Waals surface area contributed by atoms with Crippen molar-refractivity contribution in [3.05, 3.63) is 16.3 Å². The largest absolute Gasteiger partial charge is 0.391 e. The van der Waals surface area contributed by atoms with E-state index in [9.17, 15) is 15.2 Å². The van der Waals surface area contributed by atoms with E-state index in [0.717, 1.165) is 12.6 Å². The SMILES string of the molecule is CCCC(O)CNc1nc(NCC)ncc1[N+](=O)[O-]. The summed E-state index contributed by atoms with van der Waals surface area (Å²) in [5.41, 5.74) is -0.203. The Bertz CT molecular complexity index is 427. The van der Waals surface area contributed by atoms with Crippen LogP contribution in [0, 0.1) is 10.1 Å². The minimum absolute atomic E-state index is 0.117. The average molecular weight is 269 g/mol. The van der Waals surface area contributed by atoms with Gasteiger partial charge in [0, 0.05) is 13.1 Å². The van der Waals surface area contributed by atoms with Crippen LogP contribution in [-0.2, 0) is 0 Å². The lowest BCUT2D eigenvalue weighted by Gasteiger charge is -2.11. The Kier molecular flexibility index (Phi) is 5.94. The summed E-state index contributed by atoms with van der Waals surface area (Å²) in [4.78, 5) is 18.2. The van der Waals surface area contributed by atoms with Crippen molar-refractivity contribution in [2.24, 2.45) is 0 Å². The van der Waals surface area contributed by atoms with Crippen LogP contribution < -0.4 is 10.6 Å². The first-order valence-corrected chi connectivity index (χ1v) is 6.25. The van der Waals surface area contributed by atoms with Gasteiger partial charge >= 0.3 is 5.69 Å². The van der Waals surface area contributed by atoms with E-state index >= 15 is 0 Å². The molecule has 0 bridgehead atoms. The first-order valence-electron chi connectivity index (χ1n) is 6.25. The number of hydrogen-bond donors (Lipinski definition) is 3. The van der Waals surface area contributed by atoms with Gasteiger partial charge in [0.2, 0.25) is 11.8 Å². The molecule has 8 heteroatoms. The fraction of sp³-hybridized carbons (Fsp3) is 0.636. The Labute approximate surface area is 111 Å². The van der Waals surface area contributed by atoms with Crippen LogP contribution in [0.25, 0.3) is 0 Å². The van der Waals surface area contributed by atoms with Crippen molar-refractivity contribution in [1.82, 2.24) is 9.97 Å². The normalized spacial score (nSPS) is 11.9. The van der Waals surface area contributed by atoms with Crippen molar-refractivity contribution in [3.63, 3.8) is 0 Å². The van der Waals surface area contributed by atoms with Crippen LogP contribution >= 0.6 is 0 Å². The van der Waals surface area contributed by atoms with Crippen LogP contribution in [-0.4, -0.2) is 39.2 Å². The summed E-state index contributed by atoms with van der Waals surface area (Å²) in [7, 11) is 0. The molecule has 0 amide bonds. The summed E-state index contributed by atoms with van der Waals surface area (Å²) < 4.78 is 0. The lowest BCUT2D eigenvalue weighted by Crippen LogP contribution is -2.20. The van der Waals surface area contributed by atoms with Gasteiger partial charge in [-0.2, -0.15) is 4.98 Å². The molecule has 0 aliphatic rings. The smallest absolute Gasteiger partial charge is 0.329 e. The van der Waals surface area contributed by atoms with Gasteiger partial charge in [-0.3, -0.25) is 10.1 Å². The minimum atomic E-state index is -0.554. The third kappa shape index (κ3) is 4.66. The molecule has 0 radical (unpaired) electrons. The van der Waals surface area contributed by atoms with E-state index < -0.39 is 11.0 Å². The van der Waals surface area contributed by atoms with Crippen molar-refractivity contribution in [2.45, 2.75) is 32.8 Å². The molecule has 0 fully saturated rings. The molecule has 0 aliphatic heterocycles. The molecule has 19 heavy (non-hydrogen) atoms. The molecule has 1 aromatic rings. The predicted octanol–water partition coefficient (Wildman–Crippen LogP) is 1.39. The van der Waals surface area contributed by atoms with Crippen molar-refractivity contribution in [1.29, 1.82) is 0 Å². The topological polar surface area (TPSA) is 113 Å². The highest BCUT2D eigenvalue weighted by Crippen LogP contribution is 2.21. The second kappa shape index (κ2) is 7.47. The van der Waals surface area contributed by atoms with Crippen LogP contribution in [0.15, 0.2) is 6.20 Å². The third-order valence-corrected chi connectivity index (χ3v) is 2.43. The molecule has 1 heterocycles. The zero-order valence-corrected chi connectivity index (χ0v) is 11.1. The van der Waals surface area contributed by atoms with Crippen LogP contribution in [0.1, 0.15) is 26.7 Å². The highest BCUT2D eigenvalue weighted by Gasteiger charge is 2.17. The Hall–Kier alpha value is -1.96. The second-order valence-electron chi connectivity index (χ2n) is 4.04. The molecule has 1 aromatic heterocycles. The number of hydrogen-bond acceptors (Lipinski definition) is 7. The van der Waals surface area contributed by atoms with E-state index in [0.29, 0.717) is 18.9 Å². The van der Waals surface area contributed by atoms with E-state index in [1.54, 1.807) is 0 Å². The molecule has 3 N–H and O–H groups in total. The van der Waals surface area contributed by atoms with Gasteiger partial charge in [-0.25, -0.2) is 4.98 Å². The molecule has 1 unspecified atom stereocenters. The van der Waals surface area contributed by atoms with E-state index in [4.69, 9.17) is 0 Å². The number of aliphatic hydroxyl groups is 1. The fourth-order valence-corrected chi connectivity index (χ4v) is 1.53. The third-order valence-electron chi connectivity index (χ3n) is 2.43. The standard InChI is InChI=1S/C11H19N5O3/c1-3-5-8(17)6-13-10-9(16(18)19)7-14-11(15-10)12-4-2/h7-8,17H,3-6H2,1-2H3,(H2,12,13,14,15). The van der Waals surface area contributed by atoms with Gasteiger partial charge in [0.15, 0.2) is 0 Å². The van der Waals surface area contributed by atoms with Gasteiger partial charge in [0.1, 0.15) is 6.20 Å². The summed E-state index contributed by atoms with van der Waals surface area (Å²) in [6, 6.07) is 0. The highest BCUT2D eigenvalue weighted by molar-refractivity contribution is 5.56. The quantitative estimate of drug-likeness (QED) is 0.482. The van der Waals surface area contributed by atoms with E-state index in [-0.39, 0.29) is 18.1 Å². The van der Waals surface area contributed by atoms with E-state index in [1.165, 1.54) is 0 Å². The Balaban J connectivity index is 2.82. The van der Waals surface area contributed by atoms with Gasteiger partial charge < -0.3 is 15.7 Å². The number of aliphatic hydroxyl groups excluding tert-OH is 1. The molecular weight excluding hydrogens is 250 g/mol. The van der Waals surface area contributed by atoms with Crippen molar-refractivity contribution in [2.75, 3.05) is 23.7 Å². The van der Waals surface area contributed by atoms with Crippen LogP contribution in [0.3, 0.4) is 0 Å². The number of nitrogens with zero attached hydrogens (tertiary/aromatic N) is 3. The lowest BCUT2D eigenvalue weighted by molar-refractivity contribution is -0.384. The summed E-state index contributed by atoms with van der Waals surface area (Å²) in [5, 5.41) is 26.2. The van der Waals surface area contributed by atoms with Gasteiger partial charge in [0.05, 0.1) is 11.0 Å². The molecule has 8 nitrogen and oxygen atoms in total. The molecule has 1 atom stereocenters. The maximum Gasteiger partial charge on any atom is 0.329 e. The molecule has 0 spiro atoms. The highest BCUT2D eigenvalue weighted by atomic mass is 16.6. The monoisotopic (exact) mass is 269 g/mol. The van der Waals surface area contributed by atoms with Crippen LogP contribution in [0.4, 0.5) is 17.5 Å². The molecule has 106 valence electrons. The van der Waals surface area contributed by atoms with E-state index in [1.807, 2.05) is 13.8 Å². The first-order chi connectivity index (χ1) is 9.08. The van der Waals surface area contributed by atoms with Gasteiger partial charge in [-0.15, -0.1) is 0 Å².